The van der Waals surface area contributed by atoms with Crippen molar-refractivity contribution in [1.29, 1.82) is 0 Å². The van der Waals surface area contributed by atoms with Crippen molar-refractivity contribution in [2.75, 3.05) is 12.0 Å². The zero-order valence-corrected chi connectivity index (χ0v) is 18.5. The van der Waals surface area contributed by atoms with E-state index in [1.807, 2.05) is 13.8 Å². The third-order valence-electron chi connectivity index (χ3n) is 4.42. The minimum Gasteiger partial charge on any atom is -0.493 e. The Hall–Kier alpha value is -2.51. The van der Waals surface area contributed by atoms with Crippen LogP contribution < -0.4 is 19.7 Å². The number of methoxy groups -OCH3 is 1. The zero-order valence-electron chi connectivity index (χ0n) is 16.2. The van der Waals surface area contributed by atoms with Crippen molar-refractivity contribution < 1.29 is 19.1 Å². The maximum absolute atomic E-state index is 12.8. The van der Waals surface area contributed by atoms with Crippen molar-refractivity contribution in [2.24, 2.45) is 0 Å². The number of imide groups is 1. The molecule has 0 radical (unpaired) electrons. The lowest BCUT2D eigenvalue weighted by molar-refractivity contribution is -0.113. The van der Waals surface area contributed by atoms with Crippen molar-refractivity contribution in [3.05, 3.63) is 57.2 Å². The Morgan fingerprint density at radius 3 is 2.55 bits per heavy atom. The molecule has 1 N–H and O–H groups in total. The molecule has 29 heavy (non-hydrogen) atoms. The van der Waals surface area contributed by atoms with Gasteiger partial charge in [0.15, 0.2) is 11.5 Å². The molecule has 152 valence electrons. The molecule has 3 amide bonds. The van der Waals surface area contributed by atoms with E-state index in [1.54, 1.807) is 49.6 Å². The van der Waals surface area contributed by atoms with Crippen LogP contribution in [0.2, 0.25) is 5.02 Å². The Bertz CT molecular complexity index is 975. The van der Waals surface area contributed by atoms with Gasteiger partial charge in [-0.3, -0.25) is 4.79 Å². The van der Waals surface area contributed by atoms with E-state index in [-0.39, 0.29) is 11.8 Å². The number of carbonyl (C=O) groups is 2. The van der Waals surface area contributed by atoms with Gasteiger partial charge < -0.3 is 14.8 Å². The molecule has 0 unspecified atom stereocenters. The van der Waals surface area contributed by atoms with Crippen molar-refractivity contribution in [1.82, 2.24) is 5.32 Å². The Balaban J connectivity index is 1.92. The average Bonchev–Trinajstić information content (AvgIpc) is 2.97. The lowest BCUT2D eigenvalue weighted by atomic mass is 10.1. The maximum atomic E-state index is 12.8. The van der Waals surface area contributed by atoms with Crippen molar-refractivity contribution in [2.45, 2.75) is 26.4 Å². The topological polar surface area (TPSA) is 67.9 Å². The Kier molecular flexibility index (Phi) is 6.49. The van der Waals surface area contributed by atoms with Crippen LogP contribution in [0, 0.1) is 0 Å². The van der Waals surface area contributed by atoms with Gasteiger partial charge in [-0.2, -0.15) is 0 Å². The monoisotopic (exact) mass is 478 g/mol. The summed E-state index contributed by atoms with van der Waals surface area (Å²) in [6, 6.07) is 9.50. The van der Waals surface area contributed by atoms with Gasteiger partial charge in [0.1, 0.15) is 5.70 Å². The Labute approximate surface area is 182 Å². The number of rotatable bonds is 6. The fourth-order valence-corrected chi connectivity index (χ4v) is 3.43. The number of ether oxygens (including phenoxy) is 2. The van der Waals surface area contributed by atoms with Crippen LogP contribution in [-0.2, 0) is 4.79 Å². The SMILES string of the molecule is CC[C@H](C)Oc1c(Br)cc(/C=C2/NC(=O)N(c3ccc(Cl)cc3)C2=O)cc1OC. The van der Waals surface area contributed by atoms with Crippen LogP contribution in [-0.4, -0.2) is 25.2 Å². The first-order valence-electron chi connectivity index (χ1n) is 9.01. The maximum Gasteiger partial charge on any atom is 0.333 e. The molecule has 1 atom stereocenters. The molecule has 2 aromatic rings. The second-order valence-corrected chi connectivity index (χ2v) is 7.77. The summed E-state index contributed by atoms with van der Waals surface area (Å²) in [6.07, 6.45) is 2.46. The molecule has 1 aliphatic heterocycles. The fraction of sp³-hybridized carbons (Fsp3) is 0.238. The number of nitrogens with one attached hydrogen (secondary N) is 1. The summed E-state index contributed by atoms with van der Waals surface area (Å²) in [5.41, 5.74) is 1.28. The number of anilines is 1. The van der Waals surface area contributed by atoms with Crippen LogP contribution >= 0.6 is 27.5 Å². The van der Waals surface area contributed by atoms with Gasteiger partial charge >= 0.3 is 6.03 Å². The molecule has 3 rings (SSSR count). The van der Waals surface area contributed by atoms with E-state index in [2.05, 4.69) is 21.2 Å². The summed E-state index contributed by atoms with van der Waals surface area (Å²) in [4.78, 5) is 26.2. The number of hydrogen-bond donors (Lipinski definition) is 1. The van der Waals surface area contributed by atoms with Gasteiger partial charge in [-0.05, 0) is 77.3 Å². The van der Waals surface area contributed by atoms with Crippen LogP contribution in [0.15, 0.2) is 46.6 Å². The van der Waals surface area contributed by atoms with Crippen molar-refractivity contribution in [3.63, 3.8) is 0 Å². The zero-order chi connectivity index (χ0) is 21.1. The molecule has 0 spiro atoms. The van der Waals surface area contributed by atoms with Gasteiger partial charge in [0, 0.05) is 5.02 Å². The highest BCUT2D eigenvalue weighted by Crippen LogP contribution is 2.38. The highest BCUT2D eigenvalue weighted by Gasteiger charge is 2.34. The molecule has 0 aliphatic carbocycles. The first-order valence-corrected chi connectivity index (χ1v) is 10.2. The third-order valence-corrected chi connectivity index (χ3v) is 5.26. The van der Waals surface area contributed by atoms with Crippen LogP contribution in [0.1, 0.15) is 25.8 Å². The second kappa shape index (κ2) is 8.88. The minimum absolute atomic E-state index is 0.0213. The molecule has 1 fully saturated rings. The van der Waals surface area contributed by atoms with Gasteiger partial charge in [0.2, 0.25) is 0 Å². The van der Waals surface area contributed by atoms with Gasteiger partial charge in [-0.25, -0.2) is 9.69 Å². The minimum atomic E-state index is -0.522. The molecule has 0 aromatic heterocycles. The fourth-order valence-electron chi connectivity index (χ4n) is 2.75. The first kappa shape index (κ1) is 21.2. The second-order valence-electron chi connectivity index (χ2n) is 6.48. The van der Waals surface area contributed by atoms with Crippen LogP contribution in [0.5, 0.6) is 11.5 Å². The first-order chi connectivity index (χ1) is 13.8. The Morgan fingerprint density at radius 2 is 1.93 bits per heavy atom. The molecule has 0 bridgehead atoms. The number of carbonyl (C=O) groups excluding carboxylic acids is 2. The standard InChI is InChI=1S/C21H20BrClN2O4/c1-4-12(2)29-19-16(22)9-13(11-18(19)28-3)10-17-20(26)25(21(27)24-17)15-7-5-14(23)6-8-15/h5-12H,4H2,1-3H3,(H,24,27)/b17-10+/t12-/m0/s1. The average molecular weight is 480 g/mol. The quantitative estimate of drug-likeness (QED) is 0.446. The summed E-state index contributed by atoms with van der Waals surface area (Å²) in [5, 5.41) is 3.13. The van der Waals surface area contributed by atoms with Crippen molar-refractivity contribution >= 4 is 51.2 Å². The number of amides is 3. The van der Waals surface area contributed by atoms with E-state index in [4.69, 9.17) is 21.1 Å². The number of nitrogens with zero attached hydrogens (tertiary/aromatic N) is 1. The van der Waals surface area contributed by atoms with Crippen LogP contribution in [0.4, 0.5) is 10.5 Å². The summed E-state index contributed by atoms with van der Waals surface area (Å²) < 4.78 is 12.1. The van der Waals surface area contributed by atoms with Gasteiger partial charge in [0.25, 0.3) is 5.91 Å². The summed E-state index contributed by atoms with van der Waals surface area (Å²) in [7, 11) is 1.55. The van der Waals surface area contributed by atoms with E-state index in [1.165, 1.54) is 0 Å². The molecule has 1 heterocycles. The van der Waals surface area contributed by atoms with E-state index in [9.17, 15) is 9.59 Å². The Morgan fingerprint density at radius 1 is 1.24 bits per heavy atom. The van der Waals surface area contributed by atoms with Gasteiger partial charge in [-0.15, -0.1) is 0 Å². The summed E-state index contributed by atoms with van der Waals surface area (Å²) >= 11 is 9.38. The third kappa shape index (κ3) is 4.57. The lowest BCUT2D eigenvalue weighted by Crippen LogP contribution is -2.30. The van der Waals surface area contributed by atoms with Gasteiger partial charge in [-0.1, -0.05) is 18.5 Å². The number of urea groups is 1. The molecule has 6 nitrogen and oxygen atoms in total. The number of halogens is 2. The molecule has 1 aliphatic rings. The number of benzene rings is 2. The predicted molar refractivity (Wildman–Crippen MR) is 117 cm³/mol. The summed E-state index contributed by atoms with van der Waals surface area (Å²) in [5.74, 6) is 0.666. The highest BCUT2D eigenvalue weighted by atomic mass is 79.9. The normalized spacial score (nSPS) is 16.2. The smallest absolute Gasteiger partial charge is 0.333 e. The predicted octanol–water partition coefficient (Wildman–Crippen LogP) is 5.39. The summed E-state index contributed by atoms with van der Waals surface area (Å²) in [6.45, 7) is 4.00. The molecule has 1 saturated heterocycles. The highest BCUT2D eigenvalue weighted by molar-refractivity contribution is 9.10. The van der Waals surface area contributed by atoms with Gasteiger partial charge in [0.05, 0.1) is 23.4 Å². The molecule has 2 aromatic carbocycles. The van der Waals surface area contributed by atoms with E-state index < -0.39 is 11.9 Å². The van der Waals surface area contributed by atoms with E-state index in [0.29, 0.717) is 32.2 Å². The molecular weight excluding hydrogens is 460 g/mol. The molecule has 0 saturated carbocycles. The van der Waals surface area contributed by atoms with E-state index in [0.717, 1.165) is 11.3 Å². The van der Waals surface area contributed by atoms with Crippen molar-refractivity contribution in [3.8, 4) is 11.5 Å². The van der Waals surface area contributed by atoms with E-state index >= 15 is 0 Å². The lowest BCUT2D eigenvalue weighted by Gasteiger charge is -2.17. The molecule has 8 heteroatoms. The number of hydrogen-bond acceptors (Lipinski definition) is 4. The largest absolute Gasteiger partial charge is 0.493 e. The van der Waals surface area contributed by atoms with Crippen LogP contribution in [0.25, 0.3) is 6.08 Å². The molecular formula is C21H20BrClN2O4. The van der Waals surface area contributed by atoms with Crippen LogP contribution in [0.3, 0.4) is 0 Å².